The molecule has 0 bridgehead atoms. The predicted octanol–water partition coefficient (Wildman–Crippen LogP) is 3.83. The lowest BCUT2D eigenvalue weighted by Crippen LogP contribution is -2.04. The lowest BCUT2D eigenvalue weighted by molar-refractivity contribution is 0.547. The summed E-state index contributed by atoms with van der Waals surface area (Å²) in [6, 6.07) is 1.22. The summed E-state index contributed by atoms with van der Waals surface area (Å²) in [5, 5.41) is 3.09. The first-order chi connectivity index (χ1) is 8.06. The number of nitrogens with one attached hydrogen (secondary N) is 1. The zero-order valence-corrected chi connectivity index (χ0v) is 9.88. The van der Waals surface area contributed by atoms with Gasteiger partial charge in [0.25, 0.3) is 0 Å². The third-order valence-corrected chi connectivity index (χ3v) is 3.06. The van der Waals surface area contributed by atoms with Crippen LogP contribution < -0.4 is 5.32 Å². The van der Waals surface area contributed by atoms with Crippen molar-refractivity contribution >= 4 is 28.6 Å². The molecule has 0 unspecified atom stereocenters. The molecule has 0 radical (unpaired) electrons. The minimum absolute atomic E-state index is 0.122. The molecule has 0 amide bonds. The maximum absolute atomic E-state index is 13.2. The number of hydrogen-bond donors (Lipinski definition) is 1. The van der Waals surface area contributed by atoms with Crippen molar-refractivity contribution in [1.29, 1.82) is 0 Å². The van der Waals surface area contributed by atoms with Crippen molar-refractivity contribution in [2.45, 2.75) is 6.54 Å². The summed E-state index contributed by atoms with van der Waals surface area (Å²) < 4.78 is 39.6. The Labute approximate surface area is 104 Å². The van der Waals surface area contributed by atoms with E-state index >= 15 is 0 Å². The van der Waals surface area contributed by atoms with Crippen molar-refractivity contribution in [1.82, 2.24) is 4.98 Å². The number of benzene rings is 1. The standard InChI is InChI=1S/C10H6ClF3N2S/c11-8-3-15-9(17-8)4-16-10-6(13)1-5(12)2-7(10)14/h1-3,16H,4H2. The molecule has 0 atom stereocenters. The Morgan fingerprint density at radius 3 is 2.41 bits per heavy atom. The Morgan fingerprint density at radius 1 is 1.24 bits per heavy atom. The van der Waals surface area contributed by atoms with Gasteiger partial charge in [0, 0.05) is 12.1 Å². The smallest absolute Gasteiger partial charge is 0.152 e. The van der Waals surface area contributed by atoms with Gasteiger partial charge in [-0.25, -0.2) is 18.2 Å². The molecule has 1 heterocycles. The third kappa shape index (κ3) is 2.89. The molecular weight excluding hydrogens is 273 g/mol. The van der Waals surface area contributed by atoms with E-state index in [4.69, 9.17) is 11.6 Å². The second-order valence-electron chi connectivity index (χ2n) is 3.16. The monoisotopic (exact) mass is 278 g/mol. The lowest BCUT2D eigenvalue weighted by atomic mass is 10.3. The maximum Gasteiger partial charge on any atom is 0.152 e. The van der Waals surface area contributed by atoms with Crippen molar-refractivity contribution in [3.8, 4) is 0 Å². The Morgan fingerprint density at radius 2 is 1.88 bits per heavy atom. The van der Waals surface area contributed by atoms with Gasteiger partial charge < -0.3 is 5.32 Å². The Balaban J connectivity index is 2.14. The third-order valence-electron chi connectivity index (χ3n) is 1.95. The van der Waals surface area contributed by atoms with Gasteiger partial charge in [-0.05, 0) is 0 Å². The molecule has 90 valence electrons. The minimum Gasteiger partial charge on any atom is -0.374 e. The van der Waals surface area contributed by atoms with Gasteiger partial charge in [-0.2, -0.15) is 0 Å². The number of hydrogen-bond acceptors (Lipinski definition) is 3. The Kier molecular flexibility index (Phi) is 3.54. The number of nitrogens with zero attached hydrogens (tertiary/aromatic N) is 1. The summed E-state index contributed by atoms with van der Waals surface area (Å²) in [5.41, 5.74) is -0.377. The molecule has 0 aliphatic carbocycles. The molecule has 0 saturated heterocycles. The molecule has 1 aromatic heterocycles. The fraction of sp³-hybridized carbons (Fsp3) is 0.100. The van der Waals surface area contributed by atoms with Crippen molar-refractivity contribution in [2.24, 2.45) is 0 Å². The molecule has 17 heavy (non-hydrogen) atoms. The number of halogens is 4. The molecule has 0 aliphatic heterocycles. The zero-order chi connectivity index (χ0) is 12.4. The van der Waals surface area contributed by atoms with E-state index in [1.54, 1.807) is 0 Å². The highest BCUT2D eigenvalue weighted by Crippen LogP contribution is 2.23. The van der Waals surface area contributed by atoms with Gasteiger partial charge in [-0.15, -0.1) is 11.3 Å². The van der Waals surface area contributed by atoms with Crippen LogP contribution in [-0.2, 0) is 6.54 Å². The Bertz CT molecular complexity index is 521. The molecule has 2 nitrogen and oxygen atoms in total. The summed E-state index contributed by atoms with van der Waals surface area (Å²) in [6.07, 6.45) is 1.45. The molecule has 7 heteroatoms. The van der Waals surface area contributed by atoms with E-state index in [9.17, 15) is 13.2 Å². The first-order valence-electron chi connectivity index (χ1n) is 4.55. The molecule has 0 spiro atoms. The number of rotatable bonds is 3. The van der Waals surface area contributed by atoms with E-state index in [2.05, 4.69) is 10.3 Å². The second-order valence-corrected chi connectivity index (χ2v) is 4.90. The van der Waals surface area contributed by atoms with E-state index in [0.717, 1.165) is 0 Å². The zero-order valence-electron chi connectivity index (χ0n) is 8.31. The van der Waals surface area contributed by atoms with E-state index in [-0.39, 0.29) is 12.2 Å². The van der Waals surface area contributed by atoms with E-state index < -0.39 is 17.5 Å². The van der Waals surface area contributed by atoms with Gasteiger partial charge in [0.05, 0.1) is 12.7 Å². The van der Waals surface area contributed by atoms with Crippen LogP contribution in [0.4, 0.5) is 18.9 Å². The number of anilines is 1. The summed E-state index contributed by atoms with van der Waals surface area (Å²) in [6.45, 7) is 0.122. The lowest BCUT2D eigenvalue weighted by Gasteiger charge is -2.06. The van der Waals surface area contributed by atoms with Crippen LogP contribution in [0.3, 0.4) is 0 Å². The van der Waals surface area contributed by atoms with Crippen LogP contribution in [0, 0.1) is 17.5 Å². The van der Waals surface area contributed by atoms with Crippen LogP contribution in [0.15, 0.2) is 18.3 Å². The summed E-state index contributed by atoms with van der Waals surface area (Å²) in [4.78, 5) is 3.91. The van der Waals surface area contributed by atoms with Gasteiger partial charge in [0.1, 0.15) is 20.8 Å². The summed E-state index contributed by atoms with van der Waals surface area (Å²) >= 11 is 6.85. The molecule has 1 N–H and O–H groups in total. The van der Waals surface area contributed by atoms with Crippen LogP contribution in [0.2, 0.25) is 4.34 Å². The first-order valence-corrected chi connectivity index (χ1v) is 5.74. The molecule has 0 saturated carbocycles. The minimum atomic E-state index is -0.981. The van der Waals surface area contributed by atoms with Crippen LogP contribution in [0.25, 0.3) is 0 Å². The normalized spacial score (nSPS) is 10.6. The molecule has 1 aromatic carbocycles. The van der Waals surface area contributed by atoms with E-state index in [1.165, 1.54) is 17.5 Å². The van der Waals surface area contributed by atoms with Gasteiger partial charge >= 0.3 is 0 Å². The summed E-state index contributed by atoms with van der Waals surface area (Å²) in [5.74, 6) is -2.92. The van der Waals surface area contributed by atoms with E-state index in [1.807, 2.05) is 0 Å². The first kappa shape index (κ1) is 12.2. The van der Waals surface area contributed by atoms with Crippen LogP contribution in [-0.4, -0.2) is 4.98 Å². The van der Waals surface area contributed by atoms with Gasteiger partial charge in [0.2, 0.25) is 0 Å². The highest BCUT2D eigenvalue weighted by atomic mass is 35.5. The largest absolute Gasteiger partial charge is 0.374 e. The average molecular weight is 279 g/mol. The molecule has 2 aromatic rings. The van der Waals surface area contributed by atoms with Crippen LogP contribution in [0.1, 0.15) is 5.01 Å². The number of thiazole rings is 1. The topological polar surface area (TPSA) is 24.9 Å². The fourth-order valence-electron chi connectivity index (χ4n) is 1.24. The second kappa shape index (κ2) is 4.93. The highest BCUT2D eigenvalue weighted by molar-refractivity contribution is 7.15. The SMILES string of the molecule is Fc1cc(F)c(NCc2ncc(Cl)s2)c(F)c1. The number of aromatic nitrogens is 1. The quantitative estimate of drug-likeness (QED) is 0.923. The van der Waals surface area contributed by atoms with Crippen molar-refractivity contribution in [3.05, 3.63) is 45.1 Å². The van der Waals surface area contributed by atoms with Gasteiger partial charge in [-0.3, -0.25) is 0 Å². The molecule has 0 fully saturated rings. The highest BCUT2D eigenvalue weighted by Gasteiger charge is 2.11. The van der Waals surface area contributed by atoms with Crippen molar-refractivity contribution in [2.75, 3.05) is 5.32 Å². The van der Waals surface area contributed by atoms with Gasteiger partial charge in [-0.1, -0.05) is 11.6 Å². The Hall–Kier alpha value is -1.27. The predicted molar refractivity (Wildman–Crippen MR) is 60.8 cm³/mol. The summed E-state index contributed by atoms with van der Waals surface area (Å²) in [7, 11) is 0. The van der Waals surface area contributed by atoms with Crippen LogP contribution >= 0.6 is 22.9 Å². The maximum atomic E-state index is 13.2. The van der Waals surface area contributed by atoms with Crippen molar-refractivity contribution in [3.63, 3.8) is 0 Å². The van der Waals surface area contributed by atoms with Gasteiger partial charge in [0.15, 0.2) is 11.6 Å². The molecule has 0 aliphatic rings. The fourth-order valence-corrected chi connectivity index (χ4v) is 2.14. The van der Waals surface area contributed by atoms with Crippen molar-refractivity contribution < 1.29 is 13.2 Å². The van der Waals surface area contributed by atoms with E-state index in [0.29, 0.717) is 21.5 Å². The molecule has 2 rings (SSSR count). The molecular formula is C10H6ClF3N2S. The van der Waals surface area contributed by atoms with Crippen LogP contribution in [0.5, 0.6) is 0 Å². The average Bonchev–Trinajstić information content (AvgIpc) is 2.62.